The lowest BCUT2D eigenvalue weighted by molar-refractivity contribution is -0.139. The van der Waals surface area contributed by atoms with Crippen LogP contribution in [-0.2, 0) is 9.59 Å². The van der Waals surface area contributed by atoms with Gasteiger partial charge >= 0.3 is 11.8 Å². The molecule has 23 heavy (non-hydrogen) atoms. The maximum absolute atomic E-state index is 11.9. The fourth-order valence-corrected chi connectivity index (χ4v) is 2.02. The molecule has 2 aromatic carbocycles. The number of anilines is 1. The Morgan fingerprint density at radius 3 is 2.17 bits per heavy atom. The Kier molecular flexibility index (Phi) is 5.09. The first-order chi connectivity index (χ1) is 11.0. The van der Waals surface area contributed by atoms with Gasteiger partial charge in [-0.15, -0.1) is 0 Å². The summed E-state index contributed by atoms with van der Waals surface area (Å²) in [7, 11) is 0. The van der Waals surface area contributed by atoms with Gasteiger partial charge in [0, 0.05) is 5.69 Å². The van der Waals surface area contributed by atoms with Crippen LogP contribution in [0.2, 0.25) is 0 Å². The van der Waals surface area contributed by atoms with Crippen LogP contribution in [0.4, 0.5) is 5.69 Å². The third-order valence-corrected chi connectivity index (χ3v) is 3.29. The number of nitrogens with one attached hydrogen (secondary N) is 2. The molecular formula is C17H17N3O3. The SMILES string of the molecule is CC(NC(=O)C(=O)NC(=O)c1ccccc1N)c1ccccc1. The molecular weight excluding hydrogens is 294 g/mol. The zero-order valence-corrected chi connectivity index (χ0v) is 12.6. The van der Waals surface area contributed by atoms with E-state index < -0.39 is 17.7 Å². The lowest BCUT2D eigenvalue weighted by atomic mass is 10.1. The quantitative estimate of drug-likeness (QED) is 0.589. The van der Waals surface area contributed by atoms with E-state index in [1.54, 1.807) is 19.1 Å². The average molecular weight is 311 g/mol. The Bertz CT molecular complexity index is 729. The minimum Gasteiger partial charge on any atom is -0.398 e. The van der Waals surface area contributed by atoms with Crippen molar-refractivity contribution >= 4 is 23.4 Å². The van der Waals surface area contributed by atoms with Gasteiger partial charge in [-0.2, -0.15) is 0 Å². The van der Waals surface area contributed by atoms with Gasteiger partial charge in [-0.1, -0.05) is 42.5 Å². The number of carbonyl (C=O) groups is 3. The summed E-state index contributed by atoms with van der Waals surface area (Å²) in [6.45, 7) is 1.75. The van der Waals surface area contributed by atoms with Crippen LogP contribution in [0.1, 0.15) is 28.9 Å². The van der Waals surface area contributed by atoms with Crippen molar-refractivity contribution in [2.24, 2.45) is 0 Å². The van der Waals surface area contributed by atoms with Crippen molar-refractivity contribution in [2.75, 3.05) is 5.73 Å². The number of hydrogen-bond acceptors (Lipinski definition) is 4. The van der Waals surface area contributed by atoms with Gasteiger partial charge in [-0.05, 0) is 24.6 Å². The number of nitrogens with two attached hydrogens (primary N) is 1. The van der Waals surface area contributed by atoms with Gasteiger partial charge in [0.1, 0.15) is 0 Å². The zero-order chi connectivity index (χ0) is 16.8. The molecule has 6 heteroatoms. The first kappa shape index (κ1) is 16.2. The van der Waals surface area contributed by atoms with Crippen molar-refractivity contribution < 1.29 is 14.4 Å². The highest BCUT2D eigenvalue weighted by Gasteiger charge is 2.20. The molecule has 0 bridgehead atoms. The topological polar surface area (TPSA) is 101 Å². The Balaban J connectivity index is 1.97. The normalized spacial score (nSPS) is 11.3. The third kappa shape index (κ3) is 4.16. The fourth-order valence-electron chi connectivity index (χ4n) is 2.02. The van der Waals surface area contributed by atoms with E-state index in [0.717, 1.165) is 5.56 Å². The Labute approximate surface area is 133 Å². The van der Waals surface area contributed by atoms with E-state index in [1.807, 2.05) is 35.6 Å². The standard InChI is InChI=1S/C17H17N3O3/c1-11(12-7-3-2-4-8-12)19-16(22)17(23)20-15(21)13-9-5-6-10-14(13)18/h2-11H,18H2,1H3,(H,19,22)(H,20,21,23). The predicted octanol–water partition coefficient (Wildman–Crippen LogP) is 1.40. The van der Waals surface area contributed by atoms with Gasteiger partial charge in [-0.3, -0.25) is 19.7 Å². The van der Waals surface area contributed by atoms with E-state index in [2.05, 4.69) is 5.32 Å². The summed E-state index contributed by atoms with van der Waals surface area (Å²) in [5.41, 5.74) is 6.89. The van der Waals surface area contributed by atoms with Gasteiger partial charge < -0.3 is 11.1 Å². The van der Waals surface area contributed by atoms with Gasteiger partial charge in [0.2, 0.25) is 0 Å². The minimum atomic E-state index is -1.03. The van der Waals surface area contributed by atoms with E-state index in [1.165, 1.54) is 12.1 Å². The van der Waals surface area contributed by atoms with Crippen molar-refractivity contribution in [2.45, 2.75) is 13.0 Å². The van der Waals surface area contributed by atoms with Crippen molar-refractivity contribution in [1.82, 2.24) is 10.6 Å². The first-order valence-electron chi connectivity index (χ1n) is 7.04. The molecule has 2 aromatic rings. The second-order valence-corrected chi connectivity index (χ2v) is 4.98. The number of para-hydroxylation sites is 1. The molecule has 0 aromatic heterocycles. The molecule has 0 saturated heterocycles. The van der Waals surface area contributed by atoms with Crippen LogP contribution in [0.25, 0.3) is 0 Å². The molecule has 0 aliphatic rings. The first-order valence-corrected chi connectivity index (χ1v) is 7.04. The highest BCUT2D eigenvalue weighted by Crippen LogP contribution is 2.11. The van der Waals surface area contributed by atoms with Crippen molar-refractivity contribution in [3.8, 4) is 0 Å². The van der Waals surface area contributed by atoms with E-state index in [0.29, 0.717) is 0 Å². The summed E-state index contributed by atoms with van der Waals surface area (Å²) >= 11 is 0. The largest absolute Gasteiger partial charge is 0.398 e. The highest BCUT2D eigenvalue weighted by atomic mass is 16.2. The second kappa shape index (κ2) is 7.22. The summed E-state index contributed by atoms with van der Waals surface area (Å²) in [5, 5.41) is 4.56. The molecule has 0 aliphatic carbocycles. The molecule has 0 radical (unpaired) electrons. The number of carbonyl (C=O) groups excluding carboxylic acids is 3. The van der Waals surface area contributed by atoms with Crippen LogP contribution in [-0.4, -0.2) is 17.7 Å². The third-order valence-electron chi connectivity index (χ3n) is 3.29. The fraction of sp³-hybridized carbons (Fsp3) is 0.118. The van der Waals surface area contributed by atoms with Crippen LogP contribution >= 0.6 is 0 Å². The lowest BCUT2D eigenvalue weighted by Gasteiger charge is -2.13. The van der Waals surface area contributed by atoms with Gasteiger partial charge in [-0.25, -0.2) is 0 Å². The van der Waals surface area contributed by atoms with Crippen LogP contribution in [0.15, 0.2) is 54.6 Å². The number of imide groups is 1. The summed E-state index contributed by atoms with van der Waals surface area (Å²) < 4.78 is 0. The van der Waals surface area contributed by atoms with E-state index in [-0.39, 0.29) is 17.3 Å². The molecule has 2 rings (SSSR count). The van der Waals surface area contributed by atoms with Gasteiger partial charge in [0.15, 0.2) is 0 Å². The lowest BCUT2D eigenvalue weighted by Crippen LogP contribution is -2.43. The molecule has 1 atom stereocenters. The monoisotopic (exact) mass is 311 g/mol. The minimum absolute atomic E-state index is 0.143. The van der Waals surface area contributed by atoms with Crippen LogP contribution < -0.4 is 16.4 Å². The average Bonchev–Trinajstić information content (AvgIpc) is 2.55. The number of hydrogen-bond donors (Lipinski definition) is 3. The van der Waals surface area contributed by atoms with E-state index in [4.69, 9.17) is 5.73 Å². The number of nitrogen functional groups attached to an aromatic ring is 1. The Morgan fingerprint density at radius 2 is 1.52 bits per heavy atom. The number of amides is 3. The van der Waals surface area contributed by atoms with Gasteiger partial charge in [0.25, 0.3) is 5.91 Å². The predicted molar refractivity (Wildman–Crippen MR) is 86.3 cm³/mol. The summed E-state index contributed by atoms with van der Waals surface area (Å²) in [6.07, 6.45) is 0. The smallest absolute Gasteiger partial charge is 0.316 e. The molecule has 6 nitrogen and oxygen atoms in total. The Morgan fingerprint density at radius 1 is 0.913 bits per heavy atom. The highest BCUT2D eigenvalue weighted by molar-refractivity contribution is 6.38. The molecule has 3 amide bonds. The molecule has 1 unspecified atom stereocenters. The number of benzene rings is 2. The second-order valence-electron chi connectivity index (χ2n) is 4.98. The molecule has 0 fully saturated rings. The summed E-state index contributed by atoms with van der Waals surface area (Å²) in [6, 6.07) is 15.1. The van der Waals surface area contributed by atoms with Crippen LogP contribution in [0, 0.1) is 0 Å². The van der Waals surface area contributed by atoms with Crippen LogP contribution in [0.3, 0.4) is 0 Å². The molecule has 0 heterocycles. The van der Waals surface area contributed by atoms with Gasteiger partial charge in [0.05, 0.1) is 11.6 Å². The van der Waals surface area contributed by atoms with Crippen molar-refractivity contribution in [1.29, 1.82) is 0 Å². The van der Waals surface area contributed by atoms with Crippen molar-refractivity contribution in [3.63, 3.8) is 0 Å². The molecule has 118 valence electrons. The molecule has 0 saturated carbocycles. The zero-order valence-electron chi connectivity index (χ0n) is 12.6. The summed E-state index contributed by atoms with van der Waals surface area (Å²) in [4.78, 5) is 35.6. The number of rotatable bonds is 3. The van der Waals surface area contributed by atoms with E-state index >= 15 is 0 Å². The molecule has 0 aliphatic heterocycles. The maximum atomic E-state index is 11.9. The van der Waals surface area contributed by atoms with E-state index in [9.17, 15) is 14.4 Å². The summed E-state index contributed by atoms with van der Waals surface area (Å²) in [5.74, 6) is -2.62. The van der Waals surface area contributed by atoms with Crippen LogP contribution in [0.5, 0.6) is 0 Å². The Hall–Kier alpha value is -3.15. The molecule has 0 spiro atoms. The molecule has 4 N–H and O–H groups in total. The van der Waals surface area contributed by atoms with Crippen molar-refractivity contribution in [3.05, 3.63) is 65.7 Å². The maximum Gasteiger partial charge on any atom is 0.316 e.